The molecule has 0 radical (unpaired) electrons. The number of hydrogen-bond donors (Lipinski definition) is 0. The Balaban J connectivity index is 1.55. The van der Waals surface area contributed by atoms with Crippen molar-refractivity contribution < 1.29 is 9.13 Å². The number of halogens is 1. The van der Waals surface area contributed by atoms with E-state index in [0.29, 0.717) is 5.92 Å². The zero-order chi connectivity index (χ0) is 17.2. The number of hydrogen-bond acceptors (Lipinski definition) is 2. The molecule has 24 heavy (non-hydrogen) atoms. The number of likely N-dealkylation sites (tertiary alicyclic amines) is 1. The summed E-state index contributed by atoms with van der Waals surface area (Å²) in [5.74, 6) is 1.29. The molecular formula is C21H26FNO. The molecule has 0 spiro atoms. The van der Waals surface area contributed by atoms with Gasteiger partial charge in [-0.2, -0.15) is 0 Å². The molecule has 2 aromatic rings. The Bertz CT molecular complexity index is 658. The molecule has 1 unspecified atom stereocenters. The van der Waals surface area contributed by atoms with E-state index in [1.54, 1.807) is 12.1 Å². The fraction of sp³-hybridized carbons (Fsp3) is 0.429. The highest BCUT2D eigenvalue weighted by Crippen LogP contribution is 2.26. The zero-order valence-corrected chi connectivity index (χ0v) is 14.8. The van der Waals surface area contributed by atoms with E-state index in [9.17, 15) is 4.39 Å². The third-order valence-corrected chi connectivity index (χ3v) is 4.75. The third-order valence-electron chi connectivity index (χ3n) is 4.75. The largest absolute Gasteiger partial charge is 0.493 e. The maximum Gasteiger partial charge on any atom is 0.123 e. The fourth-order valence-corrected chi connectivity index (χ4v) is 3.18. The van der Waals surface area contributed by atoms with Gasteiger partial charge in [0.25, 0.3) is 0 Å². The van der Waals surface area contributed by atoms with E-state index in [4.69, 9.17) is 4.74 Å². The van der Waals surface area contributed by atoms with E-state index in [0.717, 1.165) is 36.6 Å². The molecule has 0 amide bonds. The van der Waals surface area contributed by atoms with Crippen LogP contribution in [-0.4, -0.2) is 30.1 Å². The summed E-state index contributed by atoms with van der Waals surface area (Å²) in [6, 6.07) is 14.6. The number of rotatable bonds is 4. The maximum absolute atomic E-state index is 13.0. The summed E-state index contributed by atoms with van der Waals surface area (Å²) in [7, 11) is 0. The molecule has 3 heteroatoms. The number of benzene rings is 2. The molecular weight excluding hydrogens is 301 g/mol. The molecule has 0 aliphatic carbocycles. The predicted molar refractivity (Wildman–Crippen MR) is 96.8 cm³/mol. The lowest BCUT2D eigenvalue weighted by molar-refractivity contribution is 0.158. The van der Waals surface area contributed by atoms with Gasteiger partial charge in [-0.1, -0.05) is 24.3 Å². The second-order valence-electron chi connectivity index (χ2n) is 7.61. The molecule has 0 bridgehead atoms. The second kappa shape index (κ2) is 6.94. The molecule has 0 N–H and O–H groups in total. The molecule has 1 heterocycles. The molecule has 0 aromatic heterocycles. The summed E-state index contributed by atoms with van der Waals surface area (Å²) in [4.78, 5) is 2.53. The molecule has 1 saturated heterocycles. The minimum atomic E-state index is -0.209. The van der Waals surface area contributed by atoms with Gasteiger partial charge in [-0.25, -0.2) is 4.39 Å². The second-order valence-corrected chi connectivity index (χ2v) is 7.61. The lowest BCUT2D eigenvalue weighted by Crippen LogP contribution is -2.39. The lowest BCUT2D eigenvalue weighted by Gasteiger charge is -2.31. The van der Waals surface area contributed by atoms with Crippen molar-refractivity contribution in [2.24, 2.45) is 5.92 Å². The predicted octanol–water partition coefficient (Wildman–Crippen LogP) is 4.99. The average molecular weight is 327 g/mol. The molecule has 2 nitrogen and oxygen atoms in total. The van der Waals surface area contributed by atoms with Gasteiger partial charge in [-0.05, 0) is 69.1 Å². The van der Waals surface area contributed by atoms with Crippen molar-refractivity contribution in [1.29, 1.82) is 0 Å². The van der Waals surface area contributed by atoms with Gasteiger partial charge in [0.05, 0.1) is 6.61 Å². The van der Waals surface area contributed by atoms with Gasteiger partial charge < -0.3 is 4.74 Å². The first-order chi connectivity index (χ1) is 11.4. The lowest BCUT2D eigenvalue weighted by atomic mass is 10.1. The quantitative estimate of drug-likeness (QED) is 0.784. The molecule has 2 aromatic carbocycles. The summed E-state index contributed by atoms with van der Waals surface area (Å²) in [5.41, 5.74) is 2.33. The van der Waals surface area contributed by atoms with Crippen molar-refractivity contribution in [2.45, 2.75) is 32.7 Å². The maximum atomic E-state index is 13.0. The van der Waals surface area contributed by atoms with Crippen LogP contribution in [0.4, 0.5) is 4.39 Å². The van der Waals surface area contributed by atoms with E-state index in [1.807, 2.05) is 24.3 Å². The van der Waals surface area contributed by atoms with Crippen LogP contribution in [0.5, 0.6) is 5.75 Å². The average Bonchev–Trinajstić information content (AvgIpc) is 3.04. The highest BCUT2D eigenvalue weighted by atomic mass is 19.1. The molecule has 3 rings (SSSR count). The summed E-state index contributed by atoms with van der Waals surface area (Å²) >= 11 is 0. The van der Waals surface area contributed by atoms with Crippen LogP contribution < -0.4 is 4.74 Å². The van der Waals surface area contributed by atoms with Gasteiger partial charge in [0.1, 0.15) is 11.6 Å². The SMILES string of the molecule is CC(C)(C)N1CCC(COc2ccc(-c3ccc(F)cc3)cc2)C1. The van der Waals surface area contributed by atoms with Gasteiger partial charge in [-0.15, -0.1) is 0 Å². The molecule has 1 atom stereocenters. The Labute approximate surface area is 144 Å². The third kappa shape index (κ3) is 4.15. The van der Waals surface area contributed by atoms with Crippen molar-refractivity contribution in [1.82, 2.24) is 4.90 Å². The zero-order valence-electron chi connectivity index (χ0n) is 14.8. The topological polar surface area (TPSA) is 12.5 Å². The first kappa shape index (κ1) is 17.0. The first-order valence-electron chi connectivity index (χ1n) is 8.66. The monoisotopic (exact) mass is 327 g/mol. The summed E-state index contributed by atoms with van der Waals surface area (Å²) in [6.45, 7) is 9.83. The number of nitrogens with zero attached hydrogens (tertiary/aromatic N) is 1. The van der Waals surface area contributed by atoms with Crippen molar-refractivity contribution in [3.05, 3.63) is 54.3 Å². The highest BCUT2D eigenvalue weighted by Gasteiger charge is 2.30. The minimum absolute atomic E-state index is 0.209. The van der Waals surface area contributed by atoms with Crippen LogP contribution in [-0.2, 0) is 0 Å². The van der Waals surface area contributed by atoms with Crippen molar-refractivity contribution in [3.63, 3.8) is 0 Å². The van der Waals surface area contributed by atoms with E-state index in [2.05, 4.69) is 25.7 Å². The Morgan fingerprint density at radius 1 is 1.00 bits per heavy atom. The van der Waals surface area contributed by atoms with E-state index in [-0.39, 0.29) is 11.4 Å². The van der Waals surface area contributed by atoms with Crippen LogP contribution in [0.15, 0.2) is 48.5 Å². The highest BCUT2D eigenvalue weighted by molar-refractivity contribution is 5.63. The van der Waals surface area contributed by atoms with Crippen LogP contribution in [0, 0.1) is 11.7 Å². The van der Waals surface area contributed by atoms with Crippen LogP contribution in [0.2, 0.25) is 0 Å². The van der Waals surface area contributed by atoms with Gasteiger partial charge in [0.15, 0.2) is 0 Å². The van der Waals surface area contributed by atoms with Crippen LogP contribution in [0.1, 0.15) is 27.2 Å². The summed E-state index contributed by atoms with van der Waals surface area (Å²) in [6.07, 6.45) is 1.20. The fourth-order valence-electron chi connectivity index (χ4n) is 3.18. The summed E-state index contributed by atoms with van der Waals surface area (Å²) < 4.78 is 19.0. The normalized spacial score (nSPS) is 18.8. The van der Waals surface area contributed by atoms with E-state index < -0.39 is 0 Å². The number of ether oxygens (including phenoxy) is 1. The van der Waals surface area contributed by atoms with E-state index in [1.165, 1.54) is 18.6 Å². The molecule has 0 saturated carbocycles. The molecule has 128 valence electrons. The van der Waals surface area contributed by atoms with Gasteiger partial charge in [0.2, 0.25) is 0 Å². The van der Waals surface area contributed by atoms with Crippen LogP contribution >= 0.6 is 0 Å². The Hall–Kier alpha value is -1.87. The van der Waals surface area contributed by atoms with Crippen LogP contribution in [0.3, 0.4) is 0 Å². The molecule has 1 aliphatic heterocycles. The van der Waals surface area contributed by atoms with Gasteiger partial charge in [0, 0.05) is 18.0 Å². The Kier molecular flexibility index (Phi) is 4.91. The van der Waals surface area contributed by atoms with Gasteiger partial charge in [-0.3, -0.25) is 4.90 Å². The summed E-state index contributed by atoms with van der Waals surface area (Å²) in [5, 5.41) is 0. The van der Waals surface area contributed by atoms with Crippen molar-refractivity contribution in [2.75, 3.05) is 19.7 Å². The Morgan fingerprint density at radius 2 is 1.58 bits per heavy atom. The first-order valence-corrected chi connectivity index (χ1v) is 8.66. The van der Waals surface area contributed by atoms with Crippen molar-refractivity contribution >= 4 is 0 Å². The smallest absolute Gasteiger partial charge is 0.123 e. The standard InChI is InChI=1S/C21H26FNO/c1-21(2,3)23-13-12-16(14-23)15-24-20-10-6-18(7-11-20)17-4-8-19(22)9-5-17/h4-11,16H,12-15H2,1-3H3. The minimum Gasteiger partial charge on any atom is -0.493 e. The van der Waals surface area contributed by atoms with Crippen molar-refractivity contribution in [3.8, 4) is 16.9 Å². The van der Waals surface area contributed by atoms with E-state index >= 15 is 0 Å². The van der Waals surface area contributed by atoms with Gasteiger partial charge >= 0.3 is 0 Å². The Morgan fingerprint density at radius 3 is 2.12 bits per heavy atom. The van der Waals surface area contributed by atoms with Crippen LogP contribution in [0.25, 0.3) is 11.1 Å². The molecule has 1 aliphatic rings. The molecule has 1 fully saturated rings.